The quantitative estimate of drug-likeness (QED) is 0.244. The van der Waals surface area contributed by atoms with E-state index < -0.39 is 16.3 Å². The minimum atomic E-state index is -2.00. The molecule has 1 rings (SSSR count). The zero-order valence-corrected chi connectivity index (χ0v) is 17.4. The lowest BCUT2D eigenvalue weighted by atomic mass is 10.1. The molecule has 0 bridgehead atoms. The average Bonchev–Trinajstić information content (AvgIpc) is 2.90. The van der Waals surface area contributed by atoms with Crippen LogP contribution in [0.4, 0.5) is 0 Å². The lowest BCUT2D eigenvalue weighted by molar-refractivity contribution is -0.148. The standard InChI is InChI=1S/C19H32O5S2/c1-3-4-5-6-7-8-9-14-10-11-15(20)17(14)25-13-12-16(21)26-19(2,24)18(22)23/h8-9,14,16-17,21,24H,3-7,10-13H2,1-2H3,(H,22,23)/b9-8+/t14-,16?,17+,19?/m0/s1. The van der Waals surface area contributed by atoms with Crippen molar-refractivity contribution in [3.05, 3.63) is 12.2 Å². The number of aliphatic carboxylic acids is 1. The number of carboxylic acid groups (broad SMARTS) is 1. The molecule has 7 heteroatoms. The first-order chi connectivity index (χ1) is 12.3. The summed E-state index contributed by atoms with van der Waals surface area (Å²) in [5.41, 5.74) is -0.974. The second kappa shape index (κ2) is 12.1. The van der Waals surface area contributed by atoms with E-state index >= 15 is 0 Å². The number of Topliss-reactive ketones (excluding diaryl/α,β-unsaturated/α-hetero) is 1. The fourth-order valence-electron chi connectivity index (χ4n) is 2.89. The molecule has 1 aliphatic carbocycles. The normalized spacial score (nSPS) is 24.1. The molecule has 0 amide bonds. The largest absolute Gasteiger partial charge is 0.478 e. The van der Waals surface area contributed by atoms with Gasteiger partial charge in [0, 0.05) is 6.42 Å². The van der Waals surface area contributed by atoms with Gasteiger partial charge in [-0.1, -0.05) is 50.1 Å². The molecule has 1 aliphatic rings. The fraction of sp³-hybridized carbons (Fsp3) is 0.789. The van der Waals surface area contributed by atoms with Crippen molar-refractivity contribution in [2.45, 2.75) is 80.8 Å². The number of carboxylic acids is 1. The van der Waals surface area contributed by atoms with Crippen LogP contribution in [0.3, 0.4) is 0 Å². The number of thioether (sulfide) groups is 2. The molecule has 4 atom stereocenters. The maximum Gasteiger partial charge on any atom is 0.346 e. The number of hydrogen-bond donors (Lipinski definition) is 3. The van der Waals surface area contributed by atoms with Gasteiger partial charge in [-0.25, -0.2) is 4.79 Å². The van der Waals surface area contributed by atoms with Gasteiger partial charge in [0.25, 0.3) is 0 Å². The molecule has 1 fully saturated rings. The highest BCUT2D eigenvalue weighted by molar-refractivity contribution is 8.02. The van der Waals surface area contributed by atoms with Gasteiger partial charge in [0.1, 0.15) is 11.2 Å². The Hall–Kier alpha value is -0.500. The van der Waals surface area contributed by atoms with Crippen LogP contribution in [0.1, 0.15) is 65.2 Å². The van der Waals surface area contributed by atoms with Crippen molar-refractivity contribution >= 4 is 35.3 Å². The third-order valence-corrected chi connectivity index (χ3v) is 7.05. The maximum absolute atomic E-state index is 12.1. The highest BCUT2D eigenvalue weighted by atomic mass is 32.2. The number of rotatable bonds is 13. The van der Waals surface area contributed by atoms with Crippen LogP contribution >= 0.6 is 23.5 Å². The van der Waals surface area contributed by atoms with E-state index in [1.165, 1.54) is 37.4 Å². The molecule has 0 saturated heterocycles. The molecule has 5 nitrogen and oxygen atoms in total. The predicted molar refractivity (Wildman–Crippen MR) is 108 cm³/mol. The van der Waals surface area contributed by atoms with Gasteiger partial charge in [-0.05, 0) is 44.3 Å². The number of hydrogen-bond acceptors (Lipinski definition) is 6. The summed E-state index contributed by atoms with van der Waals surface area (Å²) in [4.78, 5) is 21.0. The smallest absolute Gasteiger partial charge is 0.346 e. The second-order valence-electron chi connectivity index (χ2n) is 6.89. The Kier molecular flexibility index (Phi) is 10.9. The average molecular weight is 405 g/mol. The molecule has 3 N–H and O–H groups in total. The Balaban J connectivity index is 2.35. The third-order valence-electron chi connectivity index (χ3n) is 4.46. The maximum atomic E-state index is 12.1. The van der Waals surface area contributed by atoms with E-state index in [1.54, 1.807) is 0 Å². The highest BCUT2D eigenvalue weighted by Crippen LogP contribution is 2.35. The molecule has 0 aromatic rings. The molecule has 2 unspecified atom stereocenters. The van der Waals surface area contributed by atoms with Crippen molar-refractivity contribution in [2.24, 2.45) is 5.92 Å². The van der Waals surface area contributed by atoms with Crippen LogP contribution in [0.15, 0.2) is 12.2 Å². The minimum Gasteiger partial charge on any atom is -0.478 e. The Labute approximate surface area is 165 Å². The van der Waals surface area contributed by atoms with E-state index in [4.69, 9.17) is 5.11 Å². The highest BCUT2D eigenvalue weighted by Gasteiger charge is 2.35. The summed E-state index contributed by atoms with van der Waals surface area (Å²) in [5, 5.41) is 28.4. The fourth-order valence-corrected chi connectivity index (χ4v) is 5.29. The van der Waals surface area contributed by atoms with Crippen LogP contribution in [-0.4, -0.2) is 48.4 Å². The molecule has 0 radical (unpaired) electrons. The van der Waals surface area contributed by atoms with E-state index in [-0.39, 0.29) is 17.0 Å². The summed E-state index contributed by atoms with van der Waals surface area (Å²) in [5.74, 6) is -0.300. The SMILES string of the molecule is CCCCCC/C=C/[C@H]1CCC(=O)[C@@H]1SCCC(O)SC(C)(O)C(=O)O. The lowest BCUT2D eigenvalue weighted by Crippen LogP contribution is -2.33. The number of unbranched alkanes of at least 4 members (excludes halogenated alkanes) is 4. The summed E-state index contributed by atoms with van der Waals surface area (Å²) >= 11 is 2.15. The van der Waals surface area contributed by atoms with Crippen molar-refractivity contribution in [3.8, 4) is 0 Å². The van der Waals surface area contributed by atoms with E-state index in [2.05, 4.69) is 19.1 Å². The number of aliphatic hydroxyl groups is 2. The van der Waals surface area contributed by atoms with Crippen molar-refractivity contribution < 1.29 is 24.9 Å². The third kappa shape index (κ3) is 8.46. The zero-order valence-electron chi connectivity index (χ0n) is 15.7. The van der Waals surface area contributed by atoms with Crippen molar-refractivity contribution in [3.63, 3.8) is 0 Å². The Morgan fingerprint density at radius 3 is 2.77 bits per heavy atom. The van der Waals surface area contributed by atoms with Gasteiger partial charge in [-0.3, -0.25) is 4.79 Å². The van der Waals surface area contributed by atoms with Gasteiger partial charge in [0.2, 0.25) is 4.93 Å². The lowest BCUT2D eigenvalue weighted by Gasteiger charge is -2.21. The molecule has 0 aromatic heterocycles. The minimum absolute atomic E-state index is 0.0703. The van der Waals surface area contributed by atoms with Crippen LogP contribution in [0, 0.1) is 5.92 Å². The van der Waals surface area contributed by atoms with E-state index in [9.17, 15) is 19.8 Å². The molecule has 26 heavy (non-hydrogen) atoms. The Bertz CT molecular complexity index is 479. The van der Waals surface area contributed by atoms with Gasteiger partial charge < -0.3 is 15.3 Å². The molecule has 1 saturated carbocycles. The number of allylic oxidation sites excluding steroid dienone is 2. The summed E-state index contributed by atoms with van der Waals surface area (Å²) in [7, 11) is 0. The predicted octanol–water partition coefficient (Wildman–Crippen LogP) is 3.83. The molecule has 150 valence electrons. The number of ketones is 1. The molecule has 0 heterocycles. The molecular formula is C19H32O5S2. The molecule has 0 aromatic carbocycles. The number of carbonyl (C=O) groups excluding carboxylic acids is 1. The van der Waals surface area contributed by atoms with Crippen LogP contribution in [0.2, 0.25) is 0 Å². The van der Waals surface area contributed by atoms with E-state index in [1.807, 2.05) is 0 Å². The van der Waals surface area contributed by atoms with Gasteiger partial charge in [0.05, 0.1) is 5.25 Å². The first-order valence-corrected chi connectivity index (χ1v) is 11.3. The number of carbonyl (C=O) groups is 2. The van der Waals surface area contributed by atoms with E-state index in [0.29, 0.717) is 30.4 Å². The molecule has 0 aliphatic heterocycles. The Morgan fingerprint density at radius 1 is 1.38 bits per heavy atom. The van der Waals surface area contributed by atoms with Crippen molar-refractivity contribution in [1.29, 1.82) is 0 Å². The van der Waals surface area contributed by atoms with Gasteiger partial charge in [-0.2, -0.15) is 0 Å². The van der Waals surface area contributed by atoms with Crippen LogP contribution in [-0.2, 0) is 9.59 Å². The Morgan fingerprint density at radius 2 is 2.12 bits per heavy atom. The van der Waals surface area contributed by atoms with Gasteiger partial charge in [-0.15, -0.1) is 11.8 Å². The number of aliphatic hydroxyl groups excluding tert-OH is 1. The monoisotopic (exact) mass is 404 g/mol. The molecular weight excluding hydrogens is 372 g/mol. The van der Waals surface area contributed by atoms with Crippen LogP contribution < -0.4 is 0 Å². The second-order valence-corrected chi connectivity index (χ2v) is 9.71. The van der Waals surface area contributed by atoms with Crippen LogP contribution in [0.25, 0.3) is 0 Å². The molecule has 0 spiro atoms. The van der Waals surface area contributed by atoms with Crippen molar-refractivity contribution in [2.75, 3.05) is 5.75 Å². The van der Waals surface area contributed by atoms with Gasteiger partial charge >= 0.3 is 5.97 Å². The summed E-state index contributed by atoms with van der Waals surface area (Å²) in [6, 6.07) is 0. The van der Waals surface area contributed by atoms with Gasteiger partial charge in [0.15, 0.2) is 0 Å². The van der Waals surface area contributed by atoms with E-state index in [0.717, 1.165) is 19.8 Å². The summed E-state index contributed by atoms with van der Waals surface area (Å²) < 4.78 is 0. The van der Waals surface area contributed by atoms with Crippen LogP contribution in [0.5, 0.6) is 0 Å². The summed E-state index contributed by atoms with van der Waals surface area (Å²) in [6.45, 7) is 3.35. The van der Waals surface area contributed by atoms with Crippen molar-refractivity contribution in [1.82, 2.24) is 0 Å². The zero-order chi connectivity index (χ0) is 19.6. The topological polar surface area (TPSA) is 94.8 Å². The first kappa shape index (κ1) is 23.5. The summed E-state index contributed by atoms with van der Waals surface area (Å²) in [6.07, 6.45) is 12.2. The first-order valence-electron chi connectivity index (χ1n) is 9.40.